The summed E-state index contributed by atoms with van der Waals surface area (Å²) < 4.78 is 22.1. The van der Waals surface area contributed by atoms with Crippen molar-refractivity contribution in [3.8, 4) is 44.9 Å². The van der Waals surface area contributed by atoms with Crippen LogP contribution in [0.3, 0.4) is 0 Å². The molecule has 0 atom stereocenters. The Bertz CT molecular complexity index is 3120. The van der Waals surface area contributed by atoms with Gasteiger partial charge < -0.3 is 49.4 Å². The molecule has 0 aromatic heterocycles. The highest BCUT2D eigenvalue weighted by atomic mass is 16.5. The number of nitrogens with zero attached hydrogens (tertiary/aromatic N) is 2. The molecule has 0 spiro atoms. The minimum Gasteiger partial charge on any atom is -0.465 e. The van der Waals surface area contributed by atoms with Gasteiger partial charge in [-0.25, -0.2) is 9.59 Å². The normalized spacial score (nSPS) is 10.8. The van der Waals surface area contributed by atoms with Crippen molar-refractivity contribution >= 4 is 70.3 Å². The van der Waals surface area contributed by atoms with Gasteiger partial charge in [-0.05, 0) is 104 Å². The molecule has 0 saturated heterocycles. The van der Waals surface area contributed by atoms with Crippen LogP contribution in [0.25, 0.3) is 66.8 Å². The van der Waals surface area contributed by atoms with Crippen LogP contribution in [0.2, 0.25) is 0 Å². The minimum absolute atomic E-state index is 0.344. The standard InChI is InChI=1S/C27H25N3O3.C21H16N2O3.C5H8O2.C2H6/c1-29-14-6-3-7-15-30-19-11-13-23-25(17-19)33-24-16-18(28)10-12-22(24)26(23)20-8-4-5-9-21(20)27(31)32-2;1-25-21(24)15-5-3-2-4-14(15)20-16-8-6-12(22)10-18(16)26-19-11-13(23)7-9-17(19)20;6-4-2-1-3-5-7;1-2/h4-5,8-17,28H,3,6-7H2,1-2H3;2-11,22H,23H2,1H3;4-5H,1-3H2;1-2H3. The zero-order valence-electron chi connectivity index (χ0n) is 38.8. The van der Waals surface area contributed by atoms with Gasteiger partial charge in [0.05, 0.1) is 41.7 Å². The Labute approximate surface area is 394 Å². The number of unbranched alkanes of at least 4 members (excludes halogenated alkanes) is 4. The van der Waals surface area contributed by atoms with Crippen LogP contribution in [0.5, 0.6) is 0 Å². The summed E-state index contributed by atoms with van der Waals surface area (Å²) in [5.41, 5.74) is 14.3. The number of hydrogen-bond donors (Lipinski definition) is 3. The molecular weight excluding hydrogens is 859 g/mol. The molecule has 0 bridgehead atoms. The lowest BCUT2D eigenvalue weighted by atomic mass is 9.90. The number of benzene rings is 6. The third kappa shape index (κ3) is 12.5. The van der Waals surface area contributed by atoms with Gasteiger partial charge >= 0.3 is 11.9 Å². The lowest BCUT2D eigenvalue weighted by molar-refractivity contribution is -0.108. The van der Waals surface area contributed by atoms with Crippen molar-refractivity contribution in [3.05, 3.63) is 143 Å². The number of fused-ring (bicyclic) bond motifs is 4. The van der Waals surface area contributed by atoms with E-state index in [4.69, 9.17) is 34.9 Å². The summed E-state index contributed by atoms with van der Waals surface area (Å²) in [5.74, 6) is 0.323. The number of methoxy groups -OCH3 is 2. The maximum Gasteiger partial charge on any atom is 0.338 e. The number of aldehydes is 2. The Kier molecular flexibility index (Phi) is 18.9. The highest BCUT2D eigenvalue weighted by molar-refractivity contribution is 6.09. The number of nitrogens with two attached hydrogens (primary N) is 1. The van der Waals surface area contributed by atoms with Gasteiger partial charge in [0.2, 0.25) is 0 Å². The predicted molar refractivity (Wildman–Crippen MR) is 269 cm³/mol. The second kappa shape index (κ2) is 25.4. The Morgan fingerprint density at radius 1 is 0.588 bits per heavy atom. The van der Waals surface area contributed by atoms with Crippen LogP contribution in [0.1, 0.15) is 73.1 Å². The average molecular weight is 914 g/mol. The minimum atomic E-state index is -0.407. The van der Waals surface area contributed by atoms with E-state index in [1.54, 1.807) is 61.6 Å². The van der Waals surface area contributed by atoms with Gasteiger partial charge in [-0.2, -0.15) is 0 Å². The average Bonchev–Trinajstić information content (AvgIpc) is 3.36. The van der Waals surface area contributed by atoms with Crippen molar-refractivity contribution < 1.29 is 37.5 Å². The molecule has 0 unspecified atom stereocenters. The Morgan fingerprint density at radius 3 is 1.56 bits per heavy atom. The van der Waals surface area contributed by atoms with Crippen molar-refractivity contribution in [1.82, 2.24) is 0 Å². The zero-order valence-corrected chi connectivity index (χ0v) is 38.8. The van der Waals surface area contributed by atoms with E-state index in [1.807, 2.05) is 93.0 Å². The fourth-order valence-electron chi connectivity index (χ4n) is 7.31. The van der Waals surface area contributed by atoms with Crippen LogP contribution < -0.4 is 16.4 Å². The number of esters is 2. The molecule has 2 aliphatic heterocycles. The first-order chi connectivity index (χ1) is 33.1. The van der Waals surface area contributed by atoms with Crippen LogP contribution in [0.15, 0.2) is 140 Å². The monoisotopic (exact) mass is 913 g/mol. The topological polar surface area (TPSA) is 211 Å². The first-order valence-corrected chi connectivity index (χ1v) is 22.1. The molecule has 0 amide bonds. The van der Waals surface area contributed by atoms with Gasteiger partial charge in [0, 0.05) is 89.1 Å². The Hall–Kier alpha value is -8.32. The quantitative estimate of drug-likeness (QED) is 0.0250. The number of hydrogen-bond acceptors (Lipinski definition) is 13. The van der Waals surface area contributed by atoms with Gasteiger partial charge in [-0.1, -0.05) is 50.2 Å². The molecule has 0 radical (unpaired) electrons. The second-order valence-corrected chi connectivity index (χ2v) is 14.8. The van der Waals surface area contributed by atoms with Crippen molar-refractivity contribution in [2.75, 3.05) is 27.0 Å². The molecule has 8 rings (SSSR count). The van der Waals surface area contributed by atoms with Gasteiger partial charge in [0.1, 0.15) is 35.3 Å². The van der Waals surface area contributed by atoms with Crippen LogP contribution in [-0.4, -0.2) is 58.2 Å². The highest BCUT2D eigenvalue weighted by Crippen LogP contribution is 2.43. The summed E-state index contributed by atoms with van der Waals surface area (Å²) in [4.78, 5) is 52.5. The second-order valence-electron chi connectivity index (χ2n) is 14.8. The number of nitrogen functional groups attached to an aromatic ring is 1. The Balaban J connectivity index is 0.000000220. The van der Waals surface area contributed by atoms with E-state index >= 15 is 0 Å². The molecule has 13 nitrogen and oxygen atoms in total. The number of aliphatic imine (C=N–C) groups is 2. The Morgan fingerprint density at radius 2 is 1.06 bits per heavy atom. The molecule has 4 aromatic carbocycles. The van der Waals surface area contributed by atoms with Crippen LogP contribution in [-0.2, 0) is 19.1 Å². The summed E-state index contributed by atoms with van der Waals surface area (Å²) in [6.45, 7) is 4.00. The molecule has 4 aromatic rings. The molecular formula is C55H55N5O8. The van der Waals surface area contributed by atoms with Gasteiger partial charge in [0.15, 0.2) is 0 Å². The largest absolute Gasteiger partial charge is 0.465 e. The van der Waals surface area contributed by atoms with Crippen molar-refractivity contribution in [2.24, 2.45) is 9.98 Å². The number of carbonyl (C=O) groups is 4. The number of carbonyl (C=O) groups excluding carboxylic acids is 4. The van der Waals surface area contributed by atoms with Gasteiger partial charge in [0.25, 0.3) is 0 Å². The zero-order chi connectivity index (χ0) is 49.0. The first kappa shape index (κ1) is 50.7. The number of anilines is 1. The van der Waals surface area contributed by atoms with E-state index in [0.29, 0.717) is 69.5 Å². The molecule has 4 aliphatic rings. The lowest BCUT2D eigenvalue weighted by Crippen LogP contribution is -2.05. The van der Waals surface area contributed by atoms with Crippen molar-refractivity contribution in [3.63, 3.8) is 0 Å². The number of rotatable bonds is 13. The molecule has 68 heavy (non-hydrogen) atoms. The summed E-state index contributed by atoms with van der Waals surface area (Å²) >= 11 is 0. The van der Waals surface area contributed by atoms with E-state index in [0.717, 1.165) is 81.7 Å². The van der Waals surface area contributed by atoms with Crippen molar-refractivity contribution in [2.45, 2.75) is 52.4 Å². The van der Waals surface area contributed by atoms with E-state index in [1.165, 1.54) is 14.2 Å². The summed E-state index contributed by atoms with van der Waals surface area (Å²) in [6, 6.07) is 36.3. The molecule has 2 aliphatic carbocycles. The number of nitrogens with one attached hydrogen (secondary N) is 2. The lowest BCUT2D eigenvalue weighted by Gasteiger charge is -2.17. The molecule has 2 heterocycles. The van der Waals surface area contributed by atoms with E-state index < -0.39 is 11.9 Å². The molecule has 0 fully saturated rings. The van der Waals surface area contributed by atoms with Crippen LogP contribution in [0.4, 0.5) is 11.4 Å². The van der Waals surface area contributed by atoms with E-state index in [9.17, 15) is 19.2 Å². The summed E-state index contributed by atoms with van der Waals surface area (Å²) in [6.07, 6.45) is 9.96. The first-order valence-electron chi connectivity index (χ1n) is 22.1. The third-order valence-corrected chi connectivity index (χ3v) is 10.4. The maximum atomic E-state index is 12.5. The van der Waals surface area contributed by atoms with E-state index in [-0.39, 0.29) is 0 Å². The fraction of sp³-hybridized carbons (Fsp3) is 0.200. The SMILES string of the molecule is CC.CN=CCCCC=Nc1ccc2c(-c3ccccc3C(=O)OC)c3ccc(=N)cc-3oc2c1.COC(=O)c1ccccc1-c1c2ccc(=N)cc-2oc2cc(N)ccc12.O=CCCCC=O. The molecule has 13 heteroatoms. The fourth-order valence-corrected chi connectivity index (χ4v) is 7.31. The molecule has 0 saturated carbocycles. The maximum absolute atomic E-state index is 12.5. The summed E-state index contributed by atoms with van der Waals surface area (Å²) in [7, 11) is 4.52. The van der Waals surface area contributed by atoms with Crippen molar-refractivity contribution in [1.29, 1.82) is 10.8 Å². The van der Waals surface area contributed by atoms with Gasteiger partial charge in [-0.15, -0.1) is 0 Å². The van der Waals surface area contributed by atoms with E-state index in [2.05, 4.69) is 9.98 Å². The molecule has 348 valence electrons. The number of ether oxygens (including phenoxy) is 2. The van der Waals surface area contributed by atoms with Crippen LogP contribution in [0, 0.1) is 10.8 Å². The highest BCUT2D eigenvalue weighted by Gasteiger charge is 2.23. The molecule has 4 N–H and O–H groups in total. The van der Waals surface area contributed by atoms with Crippen LogP contribution >= 0.6 is 0 Å². The van der Waals surface area contributed by atoms with Gasteiger partial charge in [-0.3, -0.25) is 4.99 Å². The predicted octanol–water partition coefficient (Wildman–Crippen LogP) is 11.7. The smallest absolute Gasteiger partial charge is 0.338 e. The summed E-state index contributed by atoms with van der Waals surface area (Å²) in [5, 5.41) is 18.3. The third-order valence-electron chi connectivity index (χ3n) is 10.4.